The monoisotopic (exact) mass is 221 g/mol. The van der Waals surface area contributed by atoms with Crippen LogP contribution >= 0.6 is 11.8 Å². The van der Waals surface area contributed by atoms with Crippen LogP contribution in [0.2, 0.25) is 0 Å². The van der Waals surface area contributed by atoms with E-state index >= 15 is 0 Å². The summed E-state index contributed by atoms with van der Waals surface area (Å²) in [4.78, 5) is 11.2. The second-order valence-electron chi connectivity index (χ2n) is 3.79. The van der Waals surface area contributed by atoms with Gasteiger partial charge in [0.15, 0.2) is 0 Å². The third-order valence-electron chi connectivity index (χ3n) is 1.55. The van der Waals surface area contributed by atoms with Crippen molar-refractivity contribution >= 4 is 17.7 Å². The van der Waals surface area contributed by atoms with Gasteiger partial charge in [-0.05, 0) is 12.2 Å². The highest BCUT2D eigenvalue weighted by Gasteiger charge is 2.19. The van der Waals surface area contributed by atoms with Crippen LogP contribution in [-0.4, -0.2) is 45.9 Å². The maximum atomic E-state index is 11.2. The van der Waals surface area contributed by atoms with Gasteiger partial charge in [0.1, 0.15) is 5.60 Å². The Morgan fingerprint density at radius 2 is 2.14 bits per heavy atom. The minimum Gasteiger partial charge on any atom is -0.393 e. The molecule has 0 aromatic heterocycles. The number of aliphatic hydroxyl groups is 2. The maximum absolute atomic E-state index is 11.2. The summed E-state index contributed by atoms with van der Waals surface area (Å²) in [6, 6.07) is 0. The molecule has 1 unspecified atom stereocenters. The Morgan fingerprint density at radius 3 is 2.57 bits per heavy atom. The predicted molar refractivity (Wildman–Crippen MR) is 58.3 cm³/mol. The van der Waals surface area contributed by atoms with Crippen molar-refractivity contribution in [3.05, 3.63) is 0 Å². The first kappa shape index (κ1) is 13.7. The lowest BCUT2D eigenvalue weighted by Gasteiger charge is -2.20. The average molecular weight is 221 g/mol. The summed E-state index contributed by atoms with van der Waals surface area (Å²) < 4.78 is 0. The Balaban J connectivity index is 3.64. The van der Waals surface area contributed by atoms with Gasteiger partial charge in [-0.1, -0.05) is 13.8 Å². The van der Waals surface area contributed by atoms with E-state index in [2.05, 4.69) is 5.32 Å². The van der Waals surface area contributed by atoms with Crippen LogP contribution in [-0.2, 0) is 4.79 Å². The van der Waals surface area contributed by atoms with Crippen molar-refractivity contribution in [3.63, 3.8) is 0 Å². The second kappa shape index (κ2) is 6.27. The number of carbonyl (C=O) groups is 1. The third-order valence-corrected chi connectivity index (χ3v) is 2.65. The van der Waals surface area contributed by atoms with E-state index in [9.17, 15) is 9.90 Å². The van der Waals surface area contributed by atoms with Crippen molar-refractivity contribution < 1.29 is 15.0 Å². The molecule has 0 saturated heterocycles. The van der Waals surface area contributed by atoms with E-state index in [-0.39, 0.29) is 19.1 Å². The first-order valence-electron chi connectivity index (χ1n) is 4.59. The Kier molecular flexibility index (Phi) is 6.15. The van der Waals surface area contributed by atoms with Crippen molar-refractivity contribution in [1.82, 2.24) is 5.32 Å². The van der Waals surface area contributed by atoms with Crippen molar-refractivity contribution in [1.29, 1.82) is 0 Å². The Morgan fingerprint density at radius 1 is 1.57 bits per heavy atom. The number of carbonyl (C=O) groups excluding carboxylic acids is 1. The molecular weight excluding hydrogens is 202 g/mol. The Hall–Kier alpha value is -0.260. The normalized spacial score (nSPS) is 15.3. The van der Waals surface area contributed by atoms with Crippen LogP contribution in [0.25, 0.3) is 0 Å². The highest BCUT2D eigenvalue weighted by molar-refractivity contribution is 8.00. The fourth-order valence-corrected chi connectivity index (χ4v) is 1.23. The molecule has 0 aliphatic rings. The van der Waals surface area contributed by atoms with Crippen molar-refractivity contribution in [3.8, 4) is 0 Å². The van der Waals surface area contributed by atoms with Gasteiger partial charge in [0, 0.05) is 6.54 Å². The van der Waals surface area contributed by atoms with E-state index in [0.717, 1.165) is 0 Å². The smallest absolute Gasteiger partial charge is 0.230 e. The molecule has 4 nitrogen and oxygen atoms in total. The van der Waals surface area contributed by atoms with Crippen LogP contribution in [0.3, 0.4) is 0 Å². The highest BCUT2D eigenvalue weighted by Crippen LogP contribution is 2.08. The first-order chi connectivity index (χ1) is 6.37. The molecule has 0 aliphatic heterocycles. The summed E-state index contributed by atoms with van der Waals surface area (Å²) in [6.07, 6.45) is 0. The minimum atomic E-state index is -1.22. The minimum absolute atomic E-state index is 0.0843. The number of amides is 1. The van der Waals surface area contributed by atoms with Crippen molar-refractivity contribution in [2.45, 2.75) is 31.6 Å². The predicted octanol–water partition coefficient (Wildman–Crippen LogP) is -0.0125. The quantitative estimate of drug-likeness (QED) is 0.590. The molecule has 0 saturated carbocycles. The second-order valence-corrected chi connectivity index (χ2v) is 5.36. The first-order valence-corrected chi connectivity index (χ1v) is 5.64. The van der Waals surface area contributed by atoms with Crippen LogP contribution in [0.15, 0.2) is 0 Å². The van der Waals surface area contributed by atoms with Crippen LogP contribution < -0.4 is 5.32 Å². The zero-order valence-electron chi connectivity index (χ0n) is 8.91. The Bertz CT molecular complexity index is 183. The maximum Gasteiger partial charge on any atom is 0.230 e. The molecule has 0 heterocycles. The van der Waals surface area contributed by atoms with Gasteiger partial charge < -0.3 is 15.5 Å². The largest absolute Gasteiger partial charge is 0.393 e. The number of hydrogen-bond acceptors (Lipinski definition) is 4. The number of aliphatic hydroxyl groups excluding tert-OH is 1. The van der Waals surface area contributed by atoms with Crippen LogP contribution in [0, 0.1) is 0 Å². The summed E-state index contributed by atoms with van der Waals surface area (Å²) in [5.41, 5.74) is -1.22. The number of nitrogens with one attached hydrogen (secondary N) is 1. The van der Waals surface area contributed by atoms with Crippen molar-refractivity contribution in [2.75, 3.05) is 18.9 Å². The Labute approximate surface area is 89.1 Å². The fraction of sp³-hybridized carbons (Fsp3) is 0.889. The van der Waals surface area contributed by atoms with Gasteiger partial charge in [-0.2, -0.15) is 0 Å². The molecule has 0 radical (unpaired) electrons. The van der Waals surface area contributed by atoms with E-state index in [1.807, 2.05) is 13.8 Å². The molecule has 14 heavy (non-hydrogen) atoms. The van der Waals surface area contributed by atoms with Crippen LogP contribution in [0.1, 0.15) is 20.8 Å². The van der Waals surface area contributed by atoms with Crippen LogP contribution in [0.4, 0.5) is 0 Å². The van der Waals surface area contributed by atoms with Gasteiger partial charge in [0.2, 0.25) is 5.91 Å². The standard InChI is InChI=1S/C9H19NO3S/c1-7(2)14-4-8(12)10-5-9(3,13)6-11/h7,11,13H,4-6H2,1-3H3,(H,10,12). The van der Waals surface area contributed by atoms with Gasteiger partial charge in [0.05, 0.1) is 12.4 Å². The molecule has 0 aromatic rings. The topological polar surface area (TPSA) is 69.6 Å². The van der Waals surface area contributed by atoms with E-state index in [1.165, 1.54) is 6.92 Å². The molecular formula is C9H19NO3S. The molecule has 0 bridgehead atoms. The van der Waals surface area contributed by atoms with E-state index in [4.69, 9.17) is 5.11 Å². The fourth-order valence-electron chi connectivity index (χ4n) is 0.638. The number of rotatable bonds is 6. The highest BCUT2D eigenvalue weighted by atomic mass is 32.2. The molecule has 1 atom stereocenters. The number of hydrogen-bond donors (Lipinski definition) is 3. The van der Waals surface area contributed by atoms with E-state index in [0.29, 0.717) is 11.0 Å². The lowest BCUT2D eigenvalue weighted by Crippen LogP contribution is -2.43. The summed E-state index contributed by atoms with van der Waals surface area (Å²) in [5.74, 6) is 0.275. The summed E-state index contributed by atoms with van der Waals surface area (Å²) in [5, 5.41) is 21.1. The van der Waals surface area contributed by atoms with Gasteiger partial charge in [-0.25, -0.2) is 0 Å². The lowest BCUT2D eigenvalue weighted by atomic mass is 10.1. The summed E-state index contributed by atoms with van der Waals surface area (Å²) in [6.45, 7) is 5.23. The number of thioether (sulfide) groups is 1. The molecule has 0 rings (SSSR count). The average Bonchev–Trinajstić information content (AvgIpc) is 2.11. The van der Waals surface area contributed by atoms with Gasteiger partial charge in [0.25, 0.3) is 0 Å². The summed E-state index contributed by atoms with van der Waals surface area (Å²) in [7, 11) is 0. The third kappa shape index (κ3) is 7.17. The zero-order valence-corrected chi connectivity index (χ0v) is 9.73. The molecule has 5 heteroatoms. The van der Waals surface area contributed by atoms with E-state index in [1.54, 1.807) is 11.8 Å². The molecule has 0 aliphatic carbocycles. The molecule has 3 N–H and O–H groups in total. The van der Waals surface area contributed by atoms with Gasteiger partial charge >= 0.3 is 0 Å². The van der Waals surface area contributed by atoms with Gasteiger partial charge in [-0.3, -0.25) is 4.79 Å². The molecule has 0 fully saturated rings. The van der Waals surface area contributed by atoms with Gasteiger partial charge in [-0.15, -0.1) is 11.8 Å². The summed E-state index contributed by atoms with van der Waals surface area (Å²) >= 11 is 1.54. The van der Waals surface area contributed by atoms with Crippen molar-refractivity contribution in [2.24, 2.45) is 0 Å². The molecule has 1 amide bonds. The van der Waals surface area contributed by atoms with E-state index < -0.39 is 5.60 Å². The zero-order chi connectivity index (χ0) is 11.2. The molecule has 84 valence electrons. The van der Waals surface area contributed by atoms with Crippen LogP contribution in [0.5, 0.6) is 0 Å². The molecule has 0 spiro atoms. The lowest BCUT2D eigenvalue weighted by molar-refractivity contribution is -0.120. The SMILES string of the molecule is CC(C)SCC(=O)NCC(C)(O)CO. The molecule has 0 aromatic carbocycles.